The number of nitrogens with one attached hydrogen (secondary N) is 1. The Morgan fingerprint density at radius 2 is 2.16 bits per heavy atom. The number of hydrogen-bond acceptors (Lipinski definition) is 2. The van der Waals surface area contributed by atoms with Crippen LogP contribution in [0.4, 0.5) is 10.5 Å². The fourth-order valence-corrected chi connectivity index (χ4v) is 3.10. The minimum atomic E-state index is 0.179. The number of aryl methyl sites for hydroxylation is 1. The van der Waals surface area contributed by atoms with E-state index in [0.29, 0.717) is 6.04 Å². The molecule has 0 radical (unpaired) electrons. The number of anilines is 1. The topological polar surface area (TPSA) is 35.6 Å². The number of urea groups is 1. The molecule has 0 aliphatic carbocycles. The molecule has 3 rings (SSSR count). The van der Waals surface area contributed by atoms with Crippen LogP contribution in [0.5, 0.6) is 0 Å². The predicted molar refractivity (Wildman–Crippen MR) is 76.5 cm³/mol. The maximum absolute atomic E-state index is 12.7. The van der Waals surface area contributed by atoms with Gasteiger partial charge in [0.25, 0.3) is 0 Å². The Bertz CT molecular complexity index is 474. The normalized spacial score (nSPS) is 23.4. The molecule has 102 valence electrons. The summed E-state index contributed by atoms with van der Waals surface area (Å²) in [6.45, 7) is 5.65. The Labute approximate surface area is 114 Å². The largest absolute Gasteiger partial charge is 0.324 e. The van der Waals surface area contributed by atoms with Gasteiger partial charge < -0.3 is 10.2 Å². The molecular weight excluding hydrogens is 238 g/mol. The standard InChI is InChI=1S/C15H21N3O/c1-2-12-5-3-4-6-14(12)18-9-7-13-11-16-8-10-17(13)15(18)19/h3-6,13,16H,2,7-11H2,1H3. The summed E-state index contributed by atoms with van der Waals surface area (Å²) >= 11 is 0. The average Bonchev–Trinajstić information content (AvgIpc) is 2.48. The number of para-hydroxylation sites is 1. The van der Waals surface area contributed by atoms with Crippen molar-refractivity contribution in [2.24, 2.45) is 0 Å². The van der Waals surface area contributed by atoms with Crippen LogP contribution in [0.1, 0.15) is 18.9 Å². The number of carbonyl (C=O) groups excluding carboxylic acids is 1. The molecule has 1 atom stereocenters. The van der Waals surface area contributed by atoms with Crippen LogP contribution in [-0.4, -0.2) is 43.2 Å². The highest BCUT2D eigenvalue weighted by molar-refractivity contribution is 5.94. The van der Waals surface area contributed by atoms with Gasteiger partial charge in [-0.1, -0.05) is 25.1 Å². The molecule has 0 saturated carbocycles. The molecule has 1 aromatic carbocycles. The Balaban J connectivity index is 1.87. The number of amides is 2. The van der Waals surface area contributed by atoms with E-state index in [-0.39, 0.29) is 6.03 Å². The molecule has 0 spiro atoms. The highest BCUT2D eigenvalue weighted by atomic mass is 16.2. The number of rotatable bonds is 2. The van der Waals surface area contributed by atoms with Gasteiger partial charge in [0.1, 0.15) is 0 Å². The van der Waals surface area contributed by atoms with Gasteiger partial charge in [0.05, 0.1) is 0 Å². The zero-order valence-corrected chi connectivity index (χ0v) is 11.4. The fourth-order valence-electron chi connectivity index (χ4n) is 3.10. The van der Waals surface area contributed by atoms with Gasteiger partial charge in [-0.2, -0.15) is 0 Å². The first-order chi connectivity index (χ1) is 9.31. The van der Waals surface area contributed by atoms with Crippen LogP contribution in [0.3, 0.4) is 0 Å². The SMILES string of the molecule is CCc1ccccc1N1CCC2CNCCN2C1=O. The van der Waals surface area contributed by atoms with Crippen molar-refractivity contribution in [2.75, 3.05) is 31.1 Å². The number of nitrogens with zero attached hydrogens (tertiary/aromatic N) is 2. The zero-order chi connectivity index (χ0) is 13.2. The Morgan fingerprint density at radius 1 is 1.32 bits per heavy atom. The van der Waals surface area contributed by atoms with Crippen molar-refractivity contribution in [3.05, 3.63) is 29.8 Å². The Morgan fingerprint density at radius 3 is 3.00 bits per heavy atom. The van der Waals surface area contributed by atoms with E-state index in [1.807, 2.05) is 21.9 Å². The number of hydrogen-bond donors (Lipinski definition) is 1. The maximum atomic E-state index is 12.7. The summed E-state index contributed by atoms with van der Waals surface area (Å²) in [4.78, 5) is 16.6. The summed E-state index contributed by atoms with van der Waals surface area (Å²) < 4.78 is 0. The molecule has 1 N–H and O–H groups in total. The molecule has 4 nitrogen and oxygen atoms in total. The Kier molecular flexibility index (Phi) is 3.42. The molecule has 1 unspecified atom stereocenters. The van der Waals surface area contributed by atoms with Crippen molar-refractivity contribution >= 4 is 11.7 Å². The van der Waals surface area contributed by atoms with Gasteiger partial charge in [-0.25, -0.2) is 4.79 Å². The number of benzene rings is 1. The van der Waals surface area contributed by atoms with Gasteiger partial charge in [-0.05, 0) is 24.5 Å². The lowest BCUT2D eigenvalue weighted by Crippen LogP contribution is -2.61. The number of fused-ring (bicyclic) bond motifs is 1. The van der Waals surface area contributed by atoms with Crippen LogP contribution in [0.2, 0.25) is 0 Å². The molecule has 2 saturated heterocycles. The maximum Gasteiger partial charge on any atom is 0.324 e. The van der Waals surface area contributed by atoms with Gasteiger partial charge in [0.2, 0.25) is 0 Å². The van der Waals surface area contributed by atoms with Crippen molar-refractivity contribution in [2.45, 2.75) is 25.8 Å². The van der Waals surface area contributed by atoms with Crippen LogP contribution in [0.25, 0.3) is 0 Å². The minimum Gasteiger partial charge on any atom is -0.319 e. The van der Waals surface area contributed by atoms with E-state index in [9.17, 15) is 4.79 Å². The number of piperazine rings is 1. The highest BCUT2D eigenvalue weighted by Crippen LogP contribution is 2.27. The molecular formula is C15H21N3O. The lowest BCUT2D eigenvalue weighted by molar-refractivity contribution is 0.147. The minimum absolute atomic E-state index is 0.179. The van der Waals surface area contributed by atoms with Gasteiger partial charge in [0, 0.05) is 37.9 Å². The molecule has 2 aliphatic heterocycles. The van der Waals surface area contributed by atoms with Crippen LogP contribution in [0.15, 0.2) is 24.3 Å². The van der Waals surface area contributed by atoms with Crippen molar-refractivity contribution < 1.29 is 4.79 Å². The van der Waals surface area contributed by atoms with E-state index in [2.05, 4.69) is 24.4 Å². The van der Waals surface area contributed by atoms with Crippen molar-refractivity contribution in [1.82, 2.24) is 10.2 Å². The summed E-state index contributed by atoms with van der Waals surface area (Å²) in [5.74, 6) is 0. The van der Waals surface area contributed by atoms with E-state index in [1.54, 1.807) is 0 Å². The van der Waals surface area contributed by atoms with Crippen LogP contribution < -0.4 is 10.2 Å². The summed E-state index contributed by atoms with van der Waals surface area (Å²) in [5, 5.41) is 3.37. The second kappa shape index (κ2) is 5.21. The van der Waals surface area contributed by atoms with Crippen LogP contribution in [-0.2, 0) is 6.42 Å². The third kappa shape index (κ3) is 2.21. The summed E-state index contributed by atoms with van der Waals surface area (Å²) in [7, 11) is 0. The van der Waals surface area contributed by atoms with E-state index < -0.39 is 0 Å². The summed E-state index contributed by atoms with van der Waals surface area (Å²) in [5.41, 5.74) is 2.34. The van der Waals surface area contributed by atoms with Crippen LogP contribution in [0, 0.1) is 0 Å². The lowest BCUT2D eigenvalue weighted by Gasteiger charge is -2.44. The molecule has 4 heteroatoms. The molecule has 2 aliphatic rings. The first kappa shape index (κ1) is 12.5. The van der Waals surface area contributed by atoms with E-state index in [1.165, 1.54) is 5.56 Å². The van der Waals surface area contributed by atoms with Crippen molar-refractivity contribution in [3.8, 4) is 0 Å². The molecule has 2 fully saturated rings. The van der Waals surface area contributed by atoms with Crippen LogP contribution >= 0.6 is 0 Å². The molecule has 2 amide bonds. The smallest absolute Gasteiger partial charge is 0.319 e. The predicted octanol–water partition coefficient (Wildman–Crippen LogP) is 1.85. The lowest BCUT2D eigenvalue weighted by atomic mass is 10.0. The quantitative estimate of drug-likeness (QED) is 0.880. The molecule has 0 aromatic heterocycles. The van der Waals surface area contributed by atoms with Crippen molar-refractivity contribution in [1.29, 1.82) is 0 Å². The first-order valence-electron chi connectivity index (χ1n) is 7.18. The highest BCUT2D eigenvalue weighted by Gasteiger charge is 2.35. The van der Waals surface area contributed by atoms with Gasteiger partial charge in [-0.15, -0.1) is 0 Å². The third-order valence-corrected chi connectivity index (χ3v) is 4.18. The Hall–Kier alpha value is -1.55. The molecule has 19 heavy (non-hydrogen) atoms. The molecule has 2 heterocycles. The van der Waals surface area contributed by atoms with Crippen molar-refractivity contribution in [3.63, 3.8) is 0 Å². The fraction of sp³-hybridized carbons (Fsp3) is 0.533. The molecule has 0 bridgehead atoms. The number of carbonyl (C=O) groups is 1. The third-order valence-electron chi connectivity index (χ3n) is 4.18. The monoisotopic (exact) mass is 259 g/mol. The summed E-state index contributed by atoms with van der Waals surface area (Å²) in [6.07, 6.45) is 2.02. The molecule has 1 aromatic rings. The van der Waals surface area contributed by atoms with E-state index >= 15 is 0 Å². The average molecular weight is 259 g/mol. The van der Waals surface area contributed by atoms with E-state index in [4.69, 9.17) is 0 Å². The second-order valence-corrected chi connectivity index (χ2v) is 5.26. The second-order valence-electron chi connectivity index (χ2n) is 5.26. The summed E-state index contributed by atoms with van der Waals surface area (Å²) in [6, 6.07) is 8.81. The van der Waals surface area contributed by atoms with E-state index in [0.717, 1.165) is 44.7 Å². The zero-order valence-electron chi connectivity index (χ0n) is 11.4. The first-order valence-corrected chi connectivity index (χ1v) is 7.18. The van der Waals surface area contributed by atoms with Gasteiger partial charge >= 0.3 is 6.03 Å². The van der Waals surface area contributed by atoms with Gasteiger partial charge in [-0.3, -0.25) is 4.90 Å². The van der Waals surface area contributed by atoms with Gasteiger partial charge in [0.15, 0.2) is 0 Å².